The zero-order valence-corrected chi connectivity index (χ0v) is 19.4. The Morgan fingerprint density at radius 1 is 1.19 bits per heavy atom. The third-order valence-corrected chi connectivity index (χ3v) is 7.69. The van der Waals surface area contributed by atoms with E-state index in [2.05, 4.69) is 21.8 Å². The van der Waals surface area contributed by atoms with Crippen LogP contribution in [0.4, 0.5) is 5.82 Å². The van der Waals surface area contributed by atoms with Gasteiger partial charge in [-0.2, -0.15) is 4.31 Å². The summed E-state index contributed by atoms with van der Waals surface area (Å²) in [6, 6.07) is 8.90. The van der Waals surface area contributed by atoms with Gasteiger partial charge in [0, 0.05) is 38.7 Å². The number of pyridine rings is 1. The minimum atomic E-state index is -3.50. The molecule has 1 N–H and O–H groups in total. The summed E-state index contributed by atoms with van der Waals surface area (Å²) in [7, 11) is -3.50. The van der Waals surface area contributed by atoms with Gasteiger partial charge in [-0.05, 0) is 56.0 Å². The van der Waals surface area contributed by atoms with Crippen molar-refractivity contribution in [1.29, 1.82) is 0 Å². The lowest BCUT2D eigenvalue weighted by Crippen LogP contribution is -2.27. The molecule has 0 spiro atoms. The number of aromatic nitrogens is 3. The van der Waals surface area contributed by atoms with Crippen molar-refractivity contribution in [2.24, 2.45) is 0 Å². The fraction of sp³-hybridized carbons (Fsp3) is 0.435. The Morgan fingerprint density at radius 2 is 1.97 bits per heavy atom. The van der Waals surface area contributed by atoms with Crippen LogP contribution < -0.4 is 5.32 Å². The Labute approximate surface area is 188 Å². The fourth-order valence-electron chi connectivity index (χ4n) is 4.10. The van der Waals surface area contributed by atoms with E-state index in [0.717, 1.165) is 42.7 Å². The summed E-state index contributed by atoms with van der Waals surface area (Å²) in [4.78, 5) is 21.7. The zero-order chi connectivity index (χ0) is 22.7. The van der Waals surface area contributed by atoms with Gasteiger partial charge in [-0.15, -0.1) is 0 Å². The highest BCUT2D eigenvalue weighted by Crippen LogP contribution is 2.26. The molecule has 0 radical (unpaired) electrons. The number of hydrogen-bond acceptors (Lipinski definition) is 5. The SMILES string of the molecule is CCCn1c(CCC(=O)Nc2ncccc2C)nc2cc(S(=O)(=O)N3CCCC3)ccc21. The van der Waals surface area contributed by atoms with Gasteiger partial charge in [-0.25, -0.2) is 18.4 Å². The first-order chi connectivity index (χ1) is 15.4. The molecule has 170 valence electrons. The summed E-state index contributed by atoms with van der Waals surface area (Å²) in [5, 5.41) is 2.85. The molecule has 0 bridgehead atoms. The van der Waals surface area contributed by atoms with Crippen molar-refractivity contribution >= 4 is 32.8 Å². The maximum atomic E-state index is 12.9. The molecule has 3 heterocycles. The minimum absolute atomic E-state index is 0.126. The molecule has 9 heteroatoms. The molecule has 1 aliphatic rings. The van der Waals surface area contributed by atoms with Crippen LogP contribution in [0.15, 0.2) is 41.4 Å². The van der Waals surface area contributed by atoms with Gasteiger partial charge in [0.05, 0.1) is 15.9 Å². The van der Waals surface area contributed by atoms with E-state index < -0.39 is 10.0 Å². The Bertz CT molecular complexity index is 1230. The standard InChI is InChI=1S/C23H29N5O3S/c1-3-13-28-20-9-8-18(32(30,31)27-14-4-5-15-27)16-19(20)25-21(28)10-11-22(29)26-23-17(2)7-6-12-24-23/h6-9,12,16H,3-5,10-11,13-15H2,1-2H3,(H,24,26,29). The molecule has 0 unspecified atom stereocenters. The first-order valence-corrected chi connectivity index (χ1v) is 12.5. The average Bonchev–Trinajstić information content (AvgIpc) is 3.43. The van der Waals surface area contributed by atoms with Crippen molar-refractivity contribution in [1.82, 2.24) is 18.8 Å². The molecule has 0 aliphatic carbocycles. The van der Waals surface area contributed by atoms with Crippen LogP contribution in [0.3, 0.4) is 0 Å². The third kappa shape index (κ3) is 4.54. The van der Waals surface area contributed by atoms with Gasteiger partial charge < -0.3 is 9.88 Å². The molecule has 2 aromatic heterocycles. The summed E-state index contributed by atoms with van der Waals surface area (Å²) in [6.07, 6.45) is 5.08. The van der Waals surface area contributed by atoms with E-state index in [9.17, 15) is 13.2 Å². The lowest BCUT2D eigenvalue weighted by Gasteiger charge is -2.15. The summed E-state index contributed by atoms with van der Waals surface area (Å²) < 4.78 is 29.5. The van der Waals surface area contributed by atoms with Crippen LogP contribution >= 0.6 is 0 Å². The second-order valence-electron chi connectivity index (χ2n) is 8.16. The number of carbonyl (C=O) groups is 1. The number of nitrogens with one attached hydrogen (secondary N) is 1. The molecular formula is C23H29N5O3S. The minimum Gasteiger partial charge on any atom is -0.328 e. The van der Waals surface area contributed by atoms with Crippen LogP contribution in [0, 0.1) is 6.92 Å². The highest BCUT2D eigenvalue weighted by Gasteiger charge is 2.27. The van der Waals surface area contributed by atoms with Crippen LogP contribution in [-0.4, -0.2) is 46.3 Å². The number of nitrogens with zero attached hydrogens (tertiary/aromatic N) is 4. The predicted octanol–water partition coefficient (Wildman–Crippen LogP) is 3.51. The van der Waals surface area contributed by atoms with Crippen LogP contribution in [-0.2, 0) is 27.8 Å². The second-order valence-corrected chi connectivity index (χ2v) is 10.1. The number of rotatable bonds is 8. The number of imidazole rings is 1. The van der Waals surface area contributed by atoms with Gasteiger partial charge in [0.25, 0.3) is 0 Å². The maximum Gasteiger partial charge on any atom is 0.243 e. The van der Waals surface area contributed by atoms with Gasteiger partial charge >= 0.3 is 0 Å². The topological polar surface area (TPSA) is 97.2 Å². The highest BCUT2D eigenvalue weighted by atomic mass is 32.2. The molecule has 32 heavy (non-hydrogen) atoms. The number of aryl methyl sites for hydroxylation is 3. The van der Waals surface area contributed by atoms with Gasteiger partial charge in [-0.3, -0.25) is 4.79 Å². The zero-order valence-electron chi connectivity index (χ0n) is 18.5. The quantitative estimate of drug-likeness (QED) is 0.561. The molecule has 4 rings (SSSR count). The first-order valence-electron chi connectivity index (χ1n) is 11.1. The molecule has 0 saturated carbocycles. The van der Waals surface area contributed by atoms with E-state index in [1.54, 1.807) is 22.6 Å². The molecule has 1 aromatic carbocycles. The Kier molecular flexibility index (Phi) is 6.57. The monoisotopic (exact) mass is 455 g/mol. The summed E-state index contributed by atoms with van der Waals surface area (Å²) in [5.41, 5.74) is 2.45. The normalized spacial score (nSPS) is 14.8. The van der Waals surface area contributed by atoms with Gasteiger partial charge in [0.2, 0.25) is 15.9 Å². The summed E-state index contributed by atoms with van der Waals surface area (Å²) >= 11 is 0. The number of carbonyl (C=O) groups excluding carboxylic acids is 1. The van der Waals surface area contributed by atoms with Crippen molar-refractivity contribution in [3.8, 4) is 0 Å². The number of sulfonamides is 1. The Balaban J connectivity index is 1.56. The molecule has 3 aromatic rings. The number of amides is 1. The van der Waals surface area contributed by atoms with Crippen molar-refractivity contribution < 1.29 is 13.2 Å². The molecule has 8 nitrogen and oxygen atoms in total. The number of anilines is 1. The molecule has 1 saturated heterocycles. The van der Waals surface area contributed by atoms with Crippen molar-refractivity contribution in [3.63, 3.8) is 0 Å². The number of hydrogen-bond donors (Lipinski definition) is 1. The van der Waals surface area contributed by atoms with E-state index in [-0.39, 0.29) is 17.2 Å². The summed E-state index contributed by atoms with van der Waals surface area (Å²) in [6.45, 7) is 5.88. The molecular weight excluding hydrogens is 426 g/mol. The number of benzene rings is 1. The molecule has 1 amide bonds. The third-order valence-electron chi connectivity index (χ3n) is 5.79. The number of fused-ring (bicyclic) bond motifs is 1. The van der Waals surface area contributed by atoms with E-state index in [0.29, 0.717) is 30.8 Å². The van der Waals surface area contributed by atoms with Crippen LogP contribution in [0.2, 0.25) is 0 Å². The Hall–Kier alpha value is -2.78. The van der Waals surface area contributed by atoms with Crippen LogP contribution in [0.1, 0.15) is 44.0 Å². The first kappa shape index (κ1) is 22.4. The average molecular weight is 456 g/mol. The van der Waals surface area contributed by atoms with Gasteiger partial charge in [-0.1, -0.05) is 13.0 Å². The van der Waals surface area contributed by atoms with Crippen molar-refractivity contribution in [3.05, 3.63) is 47.9 Å². The Morgan fingerprint density at radius 3 is 2.69 bits per heavy atom. The lowest BCUT2D eigenvalue weighted by atomic mass is 10.2. The molecule has 0 atom stereocenters. The van der Waals surface area contributed by atoms with E-state index in [1.165, 1.54) is 0 Å². The largest absolute Gasteiger partial charge is 0.328 e. The van der Waals surface area contributed by atoms with Gasteiger partial charge in [0.1, 0.15) is 11.6 Å². The fourth-order valence-corrected chi connectivity index (χ4v) is 5.64. The van der Waals surface area contributed by atoms with Gasteiger partial charge in [0.15, 0.2) is 0 Å². The second kappa shape index (κ2) is 9.38. The van der Waals surface area contributed by atoms with Crippen LogP contribution in [0.5, 0.6) is 0 Å². The molecule has 1 aliphatic heterocycles. The van der Waals surface area contributed by atoms with E-state index >= 15 is 0 Å². The smallest absolute Gasteiger partial charge is 0.243 e. The maximum absolute atomic E-state index is 12.9. The van der Waals surface area contributed by atoms with Crippen molar-refractivity contribution in [2.45, 2.75) is 57.4 Å². The van der Waals surface area contributed by atoms with Crippen molar-refractivity contribution in [2.75, 3.05) is 18.4 Å². The lowest BCUT2D eigenvalue weighted by molar-refractivity contribution is -0.116. The summed E-state index contributed by atoms with van der Waals surface area (Å²) in [5.74, 6) is 1.22. The molecule has 1 fully saturated rings. The van der Waals surface area contributed by atoms with E-state index in [1.807, 2.05) is 25.1 Å². The van der Waals surface area contributed by atoms with Crippen LogP contribution in [0.25, 0.3) is 11.0 Å². The highest BCUT2D eigenvalue weighted by molar-refractivity contribution is 7.89. The van der Waals surface area contributed by atoms with E-state index in [4.69, 9.17) is 4.98 Å². The predicted molar refractivity (Wildman–Crippen MR) is 124 cm³/mol.